The van der Waals surface area contributed by atoms with Crippen LogP contribution in [0.2, 0.25) is 0 Å². The molecule has 2 nitrogen and oxygen atoms in total. The Hall–Kier alpha value is -1.13. The van der Waals surface area contributed by atoms with Crippen molar-refractivity contribution in [3.63, 3.8) is 0 Å². The molecule has 0 saturated carbocycles. The van der Waals surface area contributed by atoms with E-state index >= 15 is 0 Å². The lowest BCUT2D eigenvalue weighted by atomic mass is 10.0. The Balaban J connectivity index is 2.43. The number of hydrogen-bond donors (Lipinski definition) is 1. The van der Waals surface area contributed by atoms with Gasteiger partial charge in [-0.3, -0.25) is 4.79 Å². The van der Waals surface area contributed by atoms with Crippen LogP contribution in [0.5, 0.6) is 0 Å². The molecule has 0 bridgehead atoms. The van der Waals surface area contributed by atoms with Crippen LogP contribution in [0.4, 0.5) is 5.69 Å². The first-order chi connectivity index (χ1) is 8.08. The van der Waals surface area contributed by atoms with Gasteiger partial charge in [0.05, 0.1) is 0 Å². The molecule has 2 N–H and O–H groups in total. The van der Waals surface area contributed by atoms with Crippen LogP contribution in [-0.2, 0) is 0 Å². The van der Waals surface area contributed by atoms with Gasteiger partial charge in [0.1, 0.15) is 0 Å². The van der Waals surface area contributed by atoms with Crippen molar-refractivity contribution < 1.29 is 4.79 Å². The van der Waals surface area contributed by atoms with Crippen molar-refractivity contribution >= 4 is 43.3 Å². The summed E-state index contributed by atoms with van der Waals surface area (Å²) in [7, 11) is 0. The average molecular weight is 355 g/mol. The predicted molar refractivity (Wildman–Crippen MR) is 76.1 cm³/mol. The van der Waals surface area contributed by atoms with Crippen LogP contribution in [0.25, 0.3) is 0 Å². The largest absolute Gasteiger partial charge is 0.398 e. The molecule has 0 aromatic heterocycles. The minimum atomic E-state index is -0.0729. The van der Waals surface area contributed by atoms with Gasteiger partial charge in [-0.2, -0.15) is 0 Å². The number of nitrogen functional groups attached to an aromatic ring is 1. The summed E-state index contributed by atoms with van der Waals surface area (Å²) in [6.45, 7) is 0. The molecule has 2 aromatic rings. The number of rotatable bonds is 2. The van der Waals surface area contributed by atoms with Gasteiger partial charge in [-0.05, 0) is 42.5 Å². The Morgan fingerprint density at radius 1 is 0.941 bits per heavy atom. The molecule has 0 heterocycles. The number of carbonyl (C=O) groups is 1. The van der Waals surface area contributed by atoms with Crippen LogP contribution < -0.4 is 5.73 Å². The lowest BCUT2D eigenvalue weighted by Crippen LogP contribution is -2.05. The van der Waals surface area contributed by atoms with E-state index in [4.69, 9.17) is 5.73 Å². The Morgan fingerprint density at radius 2 is 1.53 bits per heavy atom. The lowest BCUT2D eigenvalue weighted by molar-refractivity contribution is 0.103. The Morgan fingerprint density at radius 3 is 2.18 bits per heavy atom. The number of hydrogen-bond acceptors (Lipinski definition) is 2. The molecular formula is C13H9Br2NO. The average Bonchev–Trinajstić information content (AvgIpc) is 2.32. The highest BCUT2D eigenvalue weighted by atomic mass is 79.9. The number of anilines is 1. The minimum absolute atomic E-state index is 0.0729. The minimum Gasteiger partial charge on any atom is -0.398 e. The first kappa shape index (κ1) is 12.3. The fourth-order valence-electron chi connectivity index (χ4n) is 1.48. The second-order valence-electron chi connectivity index (χ2n) is 3.57. The molecule has 0 fully saturated rings. The summed E-state index contributed by atoms with van der Waals surface area (Å²) in [4.78, 5) is 12.2. The number of nitrogens with two attached hydrogens (primary N) is 1. The van der Waals surface area contributed by atoms with Crippen LogP contribution in [0.15, 0.2) is 51.4 Å². The predicted octanol–water partition coefficient (Wildman–Crippen LogP) is 4.02. The number of carbonyl (C=O) groups excluding carboxylic acids is 1. The van der Waals surface area contributed by atoms with Crippen molar-refractivity contribution in [1.82, 2.24) is 0 Å². The summed E-state index contributed by atoms with van der Waals surface area (Å²) in [6.07, 6.45) is 0. The van der Waals surface area contributed by atoms with Crippen molar-refractivity contribution in [2.24, 2.45) is 0 Å². The summed E-state index contributed by atoms with van der Waals surface area (Å²) < 4.78 is 1.78. The number of benzene rings is 2. The second-order valence-corrected chi connectivity index (χ2v) is 5.40. The van der Waals surface area contributed by atoms with E-state index in [1.54, 1.807) is 24.3 Å². The highest BCUT2D eigenvalue weighted by Crippen LogP contribution is 2.22. The summed E-state index contributed by atoms with van der Waals surface area (Å²) in [5.41, 5.74) is 7.43. The molecular weight excluding hydrogens is 346 g/mol. The molecule has 0 saturated heterocycles. The topological polar surface area (TPSA) is 43.1 Å². The maximum Gasteiger partial charge on any atom is 0.195 e. The van der Waals surface area contributed by atoms with E-state index in [0.29, 0.717) is 16.8 Å². The summed E-state index contributed by atoms with van der Waals surface area (Å²) in [5.74, 6) is -0.0729. The van der Waals surface area contributed by atoms with Crippen LogP contribution in [0.3, 0.4) is 0 Å². The summed E-state index contributed by atoms with van der Waals surface area (Å²) in [6, 6.07) is 12.5. The fraction of sp³-hybridized carbons (Fsp3) is 0. The van der Waals surface area contributed by atoms with Crippen LogP contribution in [0.1, 0.15) is 15.9 Å². The van der Waals surface area contributed by atoms with E-state index in [1.807, 2.05) is 18.2 Å². The molecule has 86 valence electrons. The van der Waals surface area contributed by atoms with Crippen molar-refractivity contribution in [2.45, 2.75) is 0 Å². The second kappa shape index (κ2) is 5.02. The zero-order chi connectivity index (χ0) is 12.4. The van der Waals surface area contributed by atoms with Gasteiger partial charge in [0.25, 0.3) is 0 Å². The monoisotopic (exact) mass is 353 g/mol. The first-order valence-corrected chi connectivity index (χ1v) is 6.52. The Bertz CT molecular complexity index is 564. The van der Waals surface area contributed by atoms with Crippen molar-refractivity contribution in [1.29, 1.82) is 0 Å². The van der Waals surface area contributed by atoms with Gasteiger partial charge >= 0.3 is 0 Å². The molecule has 4 heteroatoms. The third kappa shape index (κ3) is 2.76. The third-order valence-corrected chi connectivity index (χ3v) is 3.39. The maximum absolute atomic E-state index is 12.2. The number of halogens is 2. The number of ketones is 1. The molecule has 0 radical (unpaired) electrons. The quantitative estimate of drug-likeness (QED) is 0.653. The third-order valence-electron chi connectivity index (χ3n) is 2.37. The van der Waals surface area contributed by atoms with E-state index in [9.17, 15) is 4.79 Å². The molecule has 0 amide bonds. The van der Waals surface area contributed by atoms with Crippen LogP contribution >= 0.6 is 31.9 Å². The normalized spacial score (nSPS) is 10.2. The van der Waals surface area contributed by atoms with Crippen LogP contribution in [0, 0.1) is 0 Å². The van der Waals surface area contributed by atoms with Gasteiger partial charge < -0.3 is 5.73 Å². The SMILES string of the molecule is Nc1ccc(Br)cc1C(=O)c1ccc(Br)cc1. The fourth-order valence-corrected chi connectivity index (χ4v) is 2.11. The molecule has 0 atom stereocenters. The van der Waals surface area contributed by atoms with Gasteiger partial charge in [0, 0.05) is 25.8 Å². The molecule has 0 aliphatic heterocycles. The molecule has 0 aliphatic carbocycles. The van der Waals surface area contributed by atoms with Gasteiger partial charge in [0.2, 0.25) is 0 Å². The van der Waals surface area contributed by atoms with Crippen LogP contribution in [-0.4, -0.2) is 5.78 Å². The van der Waals surface area contributed by atoms with E-state index in [0.717, 1.165) is 8.95 Å². The van der Waals surface area contributed by atoms with Gasteiger partial charge in [0.15, 0.2) is 5.78 Å². The Labute approximate surface area is 116 Å². The molecule has 0 aliphatic rings. The lowest BCUT2D eigenvalue weighted by Gasteiger charge is -2.05. The summed E-state index contributed by atoms with van der Waals surface area (Å²) in [5, 5.41) is 0. The Kier molecular flexibility index (Phi) is 3.64. The van der Waals surface area contributed by atoms with Crippen molar-refractivity contribution in [3.05, 3.63) is 62.5 Å². The summed E-state index contributed by atoms with van der Waals surface area (Å²) >= 11 is 6.67. The zero-order valence-corrected chi connectivity index (χ0v) is 12.0. The highest BCUT2D eigenvalue weighted by molar-refractivity contribution is 9.10. The van der Waals surface area contributed by atoms with Gasteiger partial charge in [-0.15, -0.1) is 0 Å². The first-order valence-electron chi connectivity index (χ1n) is 4.93. The van der Waals surface area contributed by atoms with Crippen molar-refractivity contribution in [3.8, 4) is 0 Å². The van der Waals surface area contributed by atoms with Crippen molar-refractivity contribution in [2.75, 3.05) is 5.73 Å². The zero-order valence-electron chi connectivity index (χ0n) is 8.78. The molecule has 17 heavy (non-hydrogen) atoms. The van der Waals surface area contributed by atoms with E-state index in [1.165, 1.54) is 0 Å². The van der Waals surface area contributed by atoms with Gasteiger partial charge in [-0.1, -0.05) is 31.9 Å². The highest BCUT2D eigenvalue weighted by Gasteiger charge is 2.12. The smallest absolute Gasteiger partial charge is 0.195 e. The van der Waals surface area contributed by atoms with Gasteiger partial charge in [-0.25, -0.2) is 0 Å². The molecule has 0 unspecified atom stereocenters. The van der Waals surface area contributed by atoms with E-state index in [2.05, 4.69) is 31.9 Å². The maximum atomic E-state index is 12.2. The standard InChI is InChI=1S/C13H9Br2NO/c14-9-3-1-8(2-4-9)13(17)11-7-10(15)5-6-12(11)16/h1-7H,16H2. The molecule has 2 rings (SSSR count). The molecule has 2 aromatic carbocycles. The van der Waals surface area contributed by atoms with E-state index < -0.39 is 0 Å². The van der Waals surface area contributed by atoms with E-state index in [-0.39, 0.29) is 5.78 Å². The molecule has 0 spiro atoms.